The normalized spacial score (nSPS) is 10.0. The molecule has 0 aromatic carbocycles. The van der Waals surface area contributed by atoms with Gasteiger partial charge in [0.1, 0.15) is 5.69 Å². The van der Waals surface area contributed by atoms with Crippen molar-refractivity contribution < 1.29 is 9.90 Å². The summed E-state index contributed by atoms with van der Waals surface area (Å²) in [5.74, 6) is -1.08. The highest BCUT2D eigenvalue weighted by molar-refractivity contribution is 5.85. The van der Waals surface area contributed by atoms with E-state index in [1.54, 1.807) is 6.07 Å². The lowest BCUT2D eigenvalue weighted by Crippen LogP contribution is -2.25. The fourth-order valence-electron chi connectivity index (χ4n) is 1.17. The van der Waals surface area contributed by atoms with Gasteiger partial charge in [-0.15, -0.1) is 0 Å². The Morgan fingerprint density at radius 1 is 1.54 bits per heavy atom. The summed E-state index contributed by atoms with van der Waals surface area (Å²) in [6.07, 6.45) is 0.618. The summed E-state index contributed by atoms with van der Waals surface area (Å²) in [7, 11) is 1.46. The molecule has 0 fully saturated rings. The van der Waals surface area contributed by atoms with E-state index in [-0.39, 0.29) is 11.3 Å². The predicted molar refractivity (Wildman–Crippen MR) is 48.0 cm³/mol. The number of nitrogens with zero attached hydrogens (tertiary/aromatic N) is 1. The minimum Gasteiger partial charge on any atom is -0.477 e. The molecule has 0 saturated heterocycles. The van der Waals surface area contributed by atoms with Crippen molar-refractivity contribution in [1.29, 1.82) is 0 Å². The van der Waals surface area contributed by atoms with Gasteiger partial charge in [0.15, 0.2) is 0 Å². The minimum atomic E-state index is -1.08. The molecule has 4 nitrogen and oxygen atoms in total. The average molecular weight is 181 g/mol. The quantitative estimate of drug-likeness (QED) is 0.728. The van der Waals surface area contributed by atoms with Crippen molar-refractivity contribution in [3.63, 3.8) is 0 Å². The number of carbonyl (C=O) groups is 1. The average Bonchev–Trinajstić information content (AvgIpc) is 2.09. The van der Waals surface area contributed by atoms with Gasteiger partial charge in [-0.1, -0.05) is 13.0 Å². The van der Waals surface area contributed by atoms with Crippen LogP contribution >= 0.6 is 0 Å². The van der Waals surface area contributed by atoms with E-state index in [0.717, 1.165) is 4.57 Å². The van der Waals surface area contributed by atoms with E-state index < -0.39 is 5.97 Å². The number of aromatic nitrogens is 1. The Kier molecular flexibility index (Phi) is 2.51. The number of carboxylic acids is 1. The molecule has 0 saturated carbocycles. The summed E-state index contributed by atoms with van der Waals surface area (Å²) >= 11 is 0. The van der Waals surface area contributed by atoms with Crippen LogP contribution < -0.4 is 5.56 Å². The van der Waals surface area contributed by atoms with Crippen LogP contribution in [0.4, 0.5) is 0 Å². The lowest BCUT2D eigenvalue weighted by molar-refractivity contribution is 0.0685. The number of hydrogen-bond donors (Lipinski definition) is 1. The molecular weight excluding hydrogens is 170 g/mol. The molecule has 0 radical (unpaired) electrons. The molecule has 0 aliphatic carbocycles. The van der Waals surface area contributed by atoms with Crippen LogP contribution in [0.2, 0.25) is 0 Å². The van der Waals surface area contributed by atoms with Gasteiger partial charge in [-0.05, 0) is 12.5 Å². The van der Waals surface area contributed by atoms with Crippen molar-refractivity contribution >= 4 is 5.97 Å². The molecule has 0 unspecified atom stereocenters. The van der Waals surface area contributed by atoms with Crippen molar-refractivity contribution in [2.45, 2.75) is 13.3 Å². The largest absolute Gasteiger partial charge is 0.477 e. The summed E-state index contributed by atoms with van der Waals surface area (Å²) in [6.45, 7) is 1.86. The van der Waals surface area contributed by atoms with E-state index in [4.69, 9.17) is 5.11 Å². The van der Waals surface area contributed by atoms with Gasteiger partial charge >= 0.3 is 5.97 Å². The Labute approximate surface area is 75.4 Å². The molecule has 4 heteroatoms. The van der Waals surface area contributed by atoms with Crippen LogP contribution in [-0.2, 0) is 13.5 Å². The summed E-state index contributed by atoms with van der Waals surface area (Å²) in [6, 6.07) is 3.01. The van der Waals surface area contributed by atoms with Gasteiger partial charge in [-0.3, -0.25) is 4.79 Å². The van der Waals surface area contributed by atoms with Gasteiger partial charge in [0.2, 0.25) is 0 Å². The first-order valence-corrected chi connectivity index (χ1v) is 4.00. The fraction of sp³-hybridized carbons (Fsp3) is 0.333. The van der Waals surface area contributed by atoms with E-state index in [2.05, 4.69) is 0 Å². The molecule has 0 spiro atoms. The summed E-state index contributed by atoms with van der Waals surface area (Å²) in [5, 5.41) is 8.69. The van der Waals surface area contributed by atoms with Crippen LogP contribution in [0.5, 0.6) is 0 Å². The molecule has 70 valence electrons. The highest BCUT2D eigenvalue weighted by Crippen LogP contribution is 1.98. The summed E-state index contributed by atoms with van der Waals surface area (Å²) < 4.78 is 1.15. The van der Waals surface area contributed by atoms with E-state index in [1.165, 1.54) is 13.1 Å². The zero-order valence-corrected chi connectivity index (χ0v) is 7.57. The Morgan fingerprint density at radius 2 is 2.15 bits per heavy atom. The Bertz CT molecular complexity index is 392. The Morgan fingerprint density at radius 3 is 2.62 bits per heavy atom. The van der Waals surface area contributed by atoms with Crippen molar-refractivity contribution in [1.82, 2.24) is 4.57 Å². The third-order valence-electron chi connectivity index (χ3n) is 1.98. The van der Waals surface area contributed by atoms with E-state index in [0.29, 0.717) is 12.0 Å². The van der Waals surface area contributed by atoms with Crippen LogP contribution in [0.15, 0.2) is 16.9 Å². The summed E-state index contributed by atoms with van der Waals surface area (Å²) in [4.78, 5) is 22.0. The van der Waals surface area contributed by atoms with Gasteiger partial charge in [-0.2, -0.15) is 0 Å². The van der Waals surface area contributed by atoms with Gasteiger partial charge in [0, 0.05) is 12.6 Å². The molecule has 0 bridgehead atoms. The maximum absolute atomic E-state index is 11.4. The molecule has 1 aromatic heterocycles. The predicted octanol–water partition coefficient (Wildman–Crippen LogP) is 0.646. The third kappa shape index (κ3) is 1.61. The molecule has 0 aliphatic rings. The smallest absolute Gasteiger partial charge is 0.352 e. The monoisotopic (exact) mass is 181 g/mol. The van der Waals surface area contributed by atoms with Gasteiger partial charge in [-0.25, -0.2) is 4.79 Å². The highest BCUT2D eigenvalue weighted by Gasteiger charge is 2.09. The van der Waals surface area contributed by atoms with Crippen molar-refractivity contribution in [3.05, 3.63) is 33.7 Å². The number of rotatable bonds is 2. The van der Waals surface area contributed by atoms with Crippen LogP contribution in [0.1, 0.15) is 23.0 Å². The van der Waals surface area contributed by atoms with Gasteiger partial charge < -0.3 is 9.67 Å². The van der Waals surface area contributed by atoms with Gasteiger partial charge in [0.25, 0.3) is 5.56 Å². The second-order valence-electron chi connectivity index (χ2n) is 2.77. The van der Waals surface area contributed by atoms with Crippen LogP contribution in [0.25, 0.3) is 0 Å². The standard InChI is InChI=1S/C9H11NO3/c1-3-6-4-5-7(9(12)13)10(2)8(6)11/h4-5H,3H2,1-2H3,(H,12,13). The van der Waals surface area contributed by atoms with E-state index in [1.807, 2.05) is 6.92 Å². The molecule has 1 aromatic rings. The fourth-order valence-corrected chi connectivity index (χ4v) is 1.17. The molecule has 1 heterocycles. The maximum atomic E-state index is 11.4. The Hall–Kier alpha value is -1.58. The first kappa shape index (κ1) is 9.51. The zero-order chi connectivity index (χ0) is 10.0. The van der Waals surface area contributed by atoms with Crippen LogP contribution in [0, 0.1) is 0 Å². The van der Waals surface area contributed by atoms with Crippen molar-refractivity contribution in [2.24, 2.45) is 7.05 Å². The number of hydrogen-bond acceptors (Lipinski definition) is 2. The zero-order valence-electron chi connectivity index (χ0n) is 7.57. The second-order valence-corrected chi connectivity index (χ2v) is 2.77. The number of aryl methyl sites for hydroxylation is 1. The summed E-state index contributed by atoms with van der Waals surface area (Å²) in [5.41, 5.74) is 0.414. The third-order valence-corrected chi connectivity index (χ3v) is 1.98. The lowest BCUT2D eigenvalue weighted by atomic mass is 10.2. The van der Waals surface area contributed by atoms with Crippen molar-refractivity contribution in [3.8, 4) is 0 Å². The van der Waals surface area contributed by atoms with Gasteiger partial charge in [0.05, 0.1) is 0 Å². The minimum absolute atomic E-state index is 0.0159. The molecule has 0 amide bonds. The molecular formula is C9H11NO3. The highest BCUT2D eigenvalue weighted by atomic mass is 16.4. The number of aromatic carboxylic acids is 1. The molecule has 1 N–H and O–H groups in total. The van der Waals surface area contributed by atoms with E-state index in [9.17, 15) is 9.59 Å². The van der Waals surface area contributed by atoms with E-state index >= 15 is 0 Å². The maximum Gasteiger partial charge on any atom is 0.352 e. The number of pyridine rings is 1. The second kappa shape index (κ2) is 3.43. The molecule has 13 heavy (non-hydrogen) atoms. The Balaban J connectivity index is 3.40. The first-order chi connectivity index (χ1) is 6.07. The van der Waals surface area contributed by atoms with Crippen LogP contribution in [-0.4, -0.2) is 15.6 Å². The SMILES string of the molecule is CCc1ccc(C(=O)O)n(C)c1=O. The molecule has 0 aliphatic heterocycles. The number of carboxylic acid groups (broad SMARTS) is 1. The van der Waals surface area contributed by atoms with Crippen molar-refractivity contribution in [2.75, 3.05) is 0 Å². The molecule has 1 rings (SSSR count). The topological polar surface area (TPSA) is 59.3 Å². The van der Waals surface area contributed by atoms with Crippen LogP contribution in [0.3, 0.4) is 0 Å². The first-order valence-electron chi connectivity index (χ1n) is 4.00. The lowest BCUT2D eigenvalue weighted by Gasteiger charge is -2.04. The molecule has 0 atom stereocenters.